The van der Waals surface area contributed by atoms with Gasteiger partial charge >= 0.3 is 0 Å². The van der Waals surface area contributed by atoms with Gasteiger partial charge in [-0.1, -0.05) is 13.8 Å². The van der Waals surface area contributed by atoms with Crippen molar-refractivity contribution in [1.82, 2.24) is 9.62 Å². The standard InChI is InChI=1S/C11H27N3O2S/c1-4-14(5-2)10-11(3)13-17(15,16)9-7-6-8-12/h11,13H,4-10,12H2,1-3H3. The van der Waals surface area contributed by atoms with Gasteiger partial charge in [0.15, 0.2) is 0 Å². The van der Waals surface area contributed by atoms with Gasteiger partial charge in [-0.05, 0) is 39.4 Å². The van der Waals surface area contributed by atoms with E-state index in [2.05, 4.69) is 23.5 Å². The molecule has 6 heteroatoms. The third-order valence-corrected chi connectivity index (χ3v) is 4.26. The number of nitrogens with zero attached hydrogens (tertiary/aromatic N) is 1. The first-order valence-corrected chi connectivity index (χ1v) is 8.02. The Labute approximate surface area is 106 Å². The number of nitrogens with one attached hydrogen (secondary N) is 1. The molecule has 17 heavy (non-hydrogen) atoms. The smallest absolute Gasteiger partial charge is 0.211 e. The molecule has 0 saturated heterocycles. The van der Waals surface area contributed by atoms with Crippen LogP contribution in [0.25, 0.3) is 0 Å². The maximum Gasteiger partial charge on any atom is 0.211 e. The van der Waals surface area contributed by atoms with Crippen molar-refractivity contribution in [3.8, 4) is 0 Å². The monoisotopic (exact) mass is 265 g/mol. The molecule has 0 aromatic carbocycles. The molecule has 0 heterocycles. The average molecular weight is 265 g/mol. The highest BCUT2D eigenvalue weighted by Crippen LogP contribution is 1.98. The number of likely N-dealkylation sites (N-methyl/N-ethyl adjacent to an activating group) is 1. The minimum Gasteiger partial charge on any atom is -0.330 e. The van der Waals surface area contributed by atoms with E-state index in [-0.39, 0.29) is 11.8 Å². The summed E-state index contributed by atoms with van der Waals surface area (Å²) < 4.78 is 26.1. The lowest BCUT2D eigenvalue weighted by Crippen LogP contribution is -2.42. The zero-order chi connectivity index (χ0) is 13.3. The average Bonchev–Trinajstić information content (AvgIpc) is 2.25. The molecule has 0 fully saturated rings. The summed E-state index contributed by atoms with van der Waals surface area (Å²) in [5.41, 5.74) is 5.34. The van der Waals surface area contributed by atoms with Crippen LogP contribution in [0.1, 0.15) is 33.6 Å². The van der Waals surface area contributed by atoms with Crippen LogP contribution in [0.3, 0.4) is 0 Å². The van der Waals surface area contributed by atoms with Crippen LogP contribution in [0.15, 0.2) is 0 Å². The molecule has 5 nitrogen and oxygen atoms in total. The summed E-state index contributed by atoms with van der Waals surface area (Å²) in [7, 11) is -3.15. The number of nitrogens with two attached hydrogens (primary N) is 1. The van der Waals surface area contributed by atoms with Crippen LogP contribution >= 0.6 is 0 Å². The molecule has 0 bridgehead atoms. The molecular formula is C11H27N3O2S. The quantitative estimate of drug-likeness (QED) is 0.560. The maximum atomic E-state index is 11.7. The van der Waals surface area contributed by atoms with Crippen molar-refractivity contribution in [3.05, 3.63) is 0 Å². The molecule has 0 amide bonds. The van der Waals surface area contributed by atoms with Crippen molar-refractivity contribution in [2.24, 2.45) is 5.73 Å². The van der Waals surface area contributed by atoms with Crippen LogP contribution < -0.4 is 10.5 Å². The molecule has 3 N–H and O–H groups in total. The molecule has 1 unspecified atom stereocenters. The Morgan fingerprint density at radius 2 is 1.82 bits per heavy atom. The van der Waals surface area contributed by atoms with E-state index in [0.717, 1.165) is 26.1 Å². The zero-order valence-corrected chi connectivity index (χ0v) is 12.1. The predicted molar refractivity (Wildman–Crippen MR) is 72.5 cm³/mol. The molecule has 0 rings (SSSR count). The zero-order valence-electron chi connectivity index (χ0n) is 11.3. The summed E-state index contributed by atoms with van der Waals surface area (Å²) in [6.45, 7) is 9.23. The Hall–Kier alpha value is -0.170. The minimum absolute atomic E-state index is 0.0437. The number of hydrogen-bond donors (Lipinski definition) is 2. The molecule has 0 aromatic rings. The molecule has 0 spiro atoms. The van der Waals surface area contributed by atoms with Crippen molar-refractivity contribution < 1.29 is 8.42 Å². The summed E-state index contributed by atoms with van der Waals surface area (Å²) in [6, 6.07) is -0.0437. The van der Waals surface area contributed by atoms with Gasteiger partial charge in [0.05, 0.1) is 5.75 Å². The molecule has 0 aromatic heterocycles. The second kappa shape index (κ2) is 8.85. The van der Waals surface area contributed by atoms with Crippen molar-refractivity contribution in [2.75, 3.05) is 31.9 Å². The number of rotatable bonds is 10. The third kappa shape index (κ3) is 8.54. The van der Waals surface area contributed by atoms with Crippen molar-refractivity contribution >= 4 is 10.0 Å². The van der Waals surface area contributed by atoms with Crippen LogP contribution in [-0.2, 0) is 10.0 Å². The minimum atomic E-state index is -3.15. The van der Waals surface area contributed by atoms with Gasteiger partial charge in [0.1, 0.15) is 0 Å². The fourth-order valence-electron chi connectivity index (χ4n) is 1.71. The molecule has 0 radical (unpaired) electrons. The lowest BCUT2D eigenvalue weighted by atomic mass is 10.3. The maximum absolute atomic E-state index is 11.7. The van der Waals surface area contributed by atoms with Gasteiger partial charge in [0.2, 0.25) is 10.0 Å². The summed E-state index contributed by atoms with van der Waals surface area (Å²) in [5.74, 6) is 0.173. The second-order valence-electron chi connectivity index (χ2n) is 4.32. The number of sulfonamides is 1. The lowest BCUT2D eigenvalue weighted by Gasteiger charge is -2.23. The molecule has 104 valence electrons. The molecule has 0 saturated carbocycles. The van der Waals surface area contributed by atoms with E-state index < -0.39 is 10.0 Å². The summed E-state index contributed by atoms with van der Waals surface area (Å²) in [6.07, 6.45) is 1.38. The molecule has 0 aliphatic heterocycles. The normalized spacial score (nSPS) is 14.2. The van der Waals surface area contributed by atoms with Gasteiger partial charge in [-0.3, -0.25) is 0 Å². The van der Waals surface area contributed by atoms with Crippen LogP contribution in [0, 0.1) is 0 Å². The highest BCUT2D eigenvalue weighted by atomic mass is 32.2. The fraction of sp³-hybridized carbons (Fsp3) is 1.00. The first-order valence-electron chi connectivity index (χ1n) is 6.37. The topological polar surface area (TPSA) is 75.4 Å². The summed E-state index contributed by atoms with van der Waals surface area (Å²) in [5, 5.41) is 0. The Kier molecular flexibility index (Phi) is 8.77. The van der Waals surface area contributed by atoms with Gasteiger partial charge < -0.3 is 10.6 Å². The highest BCUT2D eigenvalue weighted by molar-refractivity contribution is 7.89. The number of hydrogen-bond acceptors (Lipinski definition) is 4. The summed E-state index contributed by atoms with van der Waals surface area (Å²) >= 11 is 0. The second-order valence-corrected chi connectivity index (χ2v) is 6.19. The van der Waals surface area contributed by atoms with E-state index in [4.69, 9.17) is 5.73 Å². The molecule has 0 aliphatic carbocycles. The van der Waals surface area contributed by atoms with E-state index in [1.54, 1.807) is 0 Å². The largest absolute Gasteiger partial charge is 0.330 e. The van der Waals surface area contributed by atoms with E-state index in [0.29, 0.717) is 13.0 Å². The first-order chi connectivity index (χ1) is 7.95. The summed E-state index contributed by atoms with van der Waals surface area (Å²) in [4.78, 5) is 2.20. The van der Waals surface area contributed by atoms with Gasteiger partial charge in [-0.2, -0.15) is 0 Å². The highest BCUT2D eigenvalue weighted by Gasteiger charge is 2.15. The van der Waals surface area contributed by atoms with E-state index in [1.807, 2.05) is 6.92 Å². The van der Waals surface area contributed by atoms with Gasteiger partial charge in [0.25, 0.3) is 0 Å². The SMILES string of the molecule is CCN(CC)CC(C)NS(=O)(=O)CCCCN. The van der Waals surface area contributed by atoms with Gasteiger partial charge in [-0.15, -0.1) is 0 Å². The first kappa shape index (κ1) is 16.8. The van der Waals surface area contributed by atoms with Crippen LogP contribution in [-0.4, -0.2) is 51.3 Å². The lowest BCUT2D eigenvalue weighted by molar-refractivity contribution is 0.282. The van der Waals surface area contributed by atoms with Crippen molar-refractivity contribution in [3.63, 3.8) is 0 Å². The van der Waals surface area contributed by atoms with E-state index in [1.165, 1.54) is 0 Å². The van der Waals surface area contributed by atoms with E-state index >= 15 is 0 Å². The van der Waals surface area contributed by atoms with Crippen molar-refractivity contribution in [1.29, 1.82) is 0 Å². The Morgan fingerprint density at radius 3 is 2.29 bits per heavy atom. The number of unbranched alkanes of at least 4 members (excludes halogenated alkanes) is 1. The Bertz CT molecular complexity index is 276. The van der Waals surface area contributed by atoms with Crippen molar-refractivity contribution in [2.45, 2.75) is 39.7 Å². The van der Waals surface area contributed by atoms with Gasteiger partial charge in [0, 0.05) is 12.6 Å². The Morgan fingerprint density at radius 1 is 1.24 bits per heavy atom. The van der Waals surface area contributed by atoms with Crippen LogP contribution in [0.5, 0.6) is 0 Å². The fourth-order valence-corrected chi connectivity index (χ4v) is 3.10. The molecule has 1 atom stereocenters. The van der Waals surface area contributed by atoms with E-state index in [9.17, 15) is 8.42 Å². The Balaban J connectivity index is 4.04. The molecule has 0 aliphatic rings. The third-order valence-electron chi connectivity index (χ3n) is 2.67. The van der Waals surface area contributed by atoms with Gasteiger partial charge in [-0.25, -0.2) is 13.1 Å². The van der Waals surface area contributed by atoms with Crippen LogP contribution in [0.2, 0.25) is 0 Å². The predicted octanol–water partition coefficient (Wildman–Crippen LogP) is 0.375. The van der Waals surface area contributed by atoms with Crippen LogP contribution in [0.4, 0.5) is 0 Å². The molecular weight excluding hydrogens is 238 g/mol.